The molecule has 0 amide bonds. The van der Waals surface area contributed by atoms with E-state index in [4.69, 9.17) is 0 Å². The molecule has 21 heavy (non-hydrogen) atoms. The van der Waals surface area contributed by atoms with Crippen molar-refractivity contribution in [2.45, 2.75) is 39.8 Å². The number of anilines is 1. The number of hydrogen-bond acceptors (Lipinski definition) is 4. The van der Waals surface area contributed by atoms with Crippen LogP contribution in [0.1, 0.15) is 31.5 Å². The van der Waals surface area contributed by atoms with Crippen LogP contribution in [0.3, 0.4) is 0 Å². The summed E-state index contributed by atoms with van der Waals surface area (Å²) in [6.07, 6.45) is 3.44. The monoisotopic (exact) mass is 288 g/mol. The summed E-state index contributed by atoms with van der Waals surface area (Å²) in [6.45, 7) is 5.49. The van der Waals surface area contributed by atoms with Gasteiger partial charge in [0.15, 0.2) is 0 Å². The molecule has 1 heterocycles. The Balaban J connectivity index is 2.11. The first-order valence-electron chi connectivity index (χ1n) is 7.17. The van der Waals surface area contributed by atoms with E-state index in [1.165, 1.54) is 0 Å². The van der Waals surface area contributed by atoms with E-state index in [0.717, 1.165) is 29.9 Å². The SMILES string of the molecule is CCCn1nccc1CNc1ccc(CC)c([N+](=O)[O-])c1. The number of benzene rings is 1. The quantitative estimate of drug-likeness (QED) is 0.626. The van der Waals surface area contributed by atoms with Crippen molar-refractivity contribution >= 4 is 11.4 Å². The molecule has 0 saturated heterocycles. The van der Waals surface area contributed by atoms with Crippen LogP contribution in [0.2, 0.25) is 0 Å². The van der Waals surface area contributed by atoms with E-state index in [9.17, 15) is 10.1 Å². The molecule has 0 bridgehead atoms. The zero-order valence-electron chi connectivity index (χ0n) is 12.4. The van der Waals surface area contributed by atoms with Crippen molar-refractivity contribution < 1.29 is 4.92 Å². The highest BCUT2D eigenvalue weighted by atomic mass is 16.6. The molecule has 2 rings (SSSR count). The Kier molecular flexibility index (Phi) is 4.92. The second-order valence-electron chi connectivity index (χ2n) is 4.85. The summed E-state index contributed by atoms with van der Waals surface area (Å²) in [4.78, 5) is 10.7. The average Bonchev–Trinajstić information content (AvgIpc) is 2.92. The van der Waals surface area contributed by atoms with Crippen LogP contribution >= 0.6 is 0 Å². The number of rotatable bonds is 7. The van der Waals surface area contributed by atoms with Gasteiger partial charge in [0.25, 0.3) is 5.69 Å². The topological polar surface area (TPSA) is 73.0 Å². The van der Waals surface area contributed by atoms with Gasteiger partial charge in [0, 0.05) is 30.1 Å². The summed E-state index contributed by atoms with van der Waals surface area (Å²) in [6, 6.07) is 7.24. The molecule has 112 valence electrons. The molecule has 6 heteroatoms. The van der Waals surface area contributed by atoms with Gasteiger partial charge in [-0.3, -0.25) is 14.8 Å². The van der Waals surface area contributed by atoms with E-state index in [1.807, 2.05) is 29.8 Å². The minimum Gasteiger partial charge on any atom is -0.379 e. The molecule has 0 atom stereocenters. The number of nitrogens with one attached hydrogen (secondary N) is 1. The molecule has 0 radical (unpaired) electrons. The second-order valence-corrected chi connectivity index (χ2v) is 4.85. The van der Waals surface area contributed by atoms with Gasteiger partial charge in [-0.15, -0.1) is 0 Å². The molecule has 0 spiro atoms. The van der Waals surface area contributed by atoms with Gasteiger partial charge in [0.05, 0.1) is 17.2 Å². The molecule has 0 aliphatic rings. The highest BCUT2D eigenvalue weighted by Gasteiger charge is 2.13. The predicted molar refractivity (Wildman–Crippen MR) is 82.3 cm³/mol. The van der Waals surface area contributed by atoms with E-state index >= 15 is 0 Å². The minimum atomic E-state index is -0.328. The molecular formula is C15H20N4O2. The first-order valence-corrected chi connectivity index (χ1v) is 7.17. The Morgan fingerprint density at radius 1 is 1.33 bits per heavy atom. The lowest BCUT2D eigenvalue weighted by Gasteiger charge is -2.09. The molecule has 0 unspecified atom stereocenters. The highest BCUT2D eigenvalue weighted by molar-refractivity contribution is 5.55. The van der Waals surface area contributed by atoms with Gasteiger partial charge < -0.3 is 5.32 Å². The van der Waals surface area contributed by atoms with E-state index in [0.29, 0.717) is 13.0 Å². The average molecular weight is 288 g/mol. The molecule has 6 nitrogen and oxygen atoms in total. The van der Waals surface area contributed by atoms with Gasteiger partial charge in [0.2, 0.25) is 0 Å². The van der Waals surface area contributed by atoms with Crippen molar-refractivity contribution in [3.63, 3.8) is 0 Å². The summed E-state index contributed by atoms with van der Waals surface area (Å²) < 4.78 is 1.95. The van der Waals surface area contributed by atoms with E-state index in [-0.39, 0.29) is 10.6 Å². The van der Waals surface area contributed by atoms with Gasteiger partial charge in [-0.05, 0) is 25.0 Å². The first kappa shape index (κ1) is 15.0. The highest BCUT2D eigenvalue weighted by Crippen LogP contribution is 2.24. The Morgan fingerprint density at radius 2 is 2.14 bits per heavy atom. The third-order valence-electron chi connectivity index (χ3n) is 3.38. The molecule has 0 aliphatic carbocycles. The van der Waals surface area contributed by atoms with Crippen LogP contribution in [0.25, 0.3) is 0 Å². The number of nitrogens with zero attached hydrogens (tertiary/aromatic N) is 3. The molecule has 0 fully saturated rings. The van der Waals surface area contributed by atoms with Crippen molar-refractivity contribution in [1.29, 1.82) is 0 Å². The summed E-state index contributed by atoms with van der Waals surface area (Å²) in [5.41, 5.74) is 2.74. The van der Waals surface area contributed by atoms with Gasteiger partial charge in [-0.25, -0.2) is 0 Å². The van der Waals surface area contributed by atoms with Crippen LogP contribution in [0.4, 0.5) is 11.4 Å². The Morgan fingerprint density at radius 3 is 2.81 bits per heavy atom. The number of aromatic nitrogens is 2. The van der Waals surface area contributed by atoms with Crippen LogP contribution in [0, 0.1) is 10.1 Å². The van der Waals surface area contributed by atoms with E-state index in [2.05, 4.69) is 17.3 Å². The van der Waals surface area contributed by atoms with Crippen LogP contribution in [0.15, 0.2) is 30.5 Å². The number of nitro groups is 1. The maximum absolute atomic E-state index is 11.1. The molecular weight excluding hydrogens is 268 g/mol. The number of aryl methyl sites for hydroxylation is 2. The molecule has 2 aromatic rings. The zero-order chi connectivity index (χ0) is 15.2. The lowest BCUT2D eigenvalue weighted by molar-refractivity contribution is -0.385. The smallest absolute Gasteiger partial charge is 0.274 e. The van der Waals surface area contributed by atoms with Crippen molar-refractivity contribution in [2.24, 2.45) is 0 Å². The summed E-state index contributed by atoms with van der Waals surface area (Å²) in [5.74, 6) is 0. The fourth-order valence-corrected chi connectivity index (χ4v) is 2.26. The van der Waals surface area contributed by atoms with Gasteiger partial charge in [0.1, 0.15) is 0 Å². The summed E-state index contributed by atoms with van der Waals surface area (Å²) >= 11 is 0. The molecule has 0 saturated carbocycles. The standard InChI is InChI=1S/C15H20N4O2/c1-3-9-18-14(7-8-17-18)11-16-13-6-5-12(4-2)15(10-13)19(20)21/h5-8,10,16H,3-4,9,11H2,1-2H3. The van der Waals surface area contributed by atoms with Crippen LogP contribution < -0.4 is 5.32 Å². The van der Waals surface area contributed by atoms with Crippen LogP contribution in [-0.2, 0) is 19.5 Å². The van der Waals surface area contributed by atoms with Gasteiger partial charge in [-0.1, -0.05) is 19.9 Å². The normalized spacial score (nSPS) is 10.6. The van der Waals surface area contributed by atoms with Crippen LogP contribution in [-0.4, -0.2) is 14.7 Å². The lowest BCUT2D eigenvalue weighted by Crippen LogP contribution is -2.09. The minimum absolute atomic E-state index is 0.171. The number of hydrogen-bond donors (Lipinski definition) is 1. The Bertz CT molecular complexity index is 622. The summed E-state index contributed by atoms with van der Waals surface area (Å²) in [7, 11) is 0. The van der Waals surface area contributed by atoms with Crippen molar-refractivity contribution in [1.82, 2.24) is 9.78 Å². The predicted octanol–water partition coefficient (Wildman–Crippen LogP) is 3.38. The molecule has 1 aromatic heterocycles. The molecule has 1 aromatic carbocycles. The largest absolute Gasteiger partial charge is 0.379 e. The summed E-state index contributed by atoms with van der Waals surface area (Å²) in [5, 5.41) is 18.6. The van der Waals surface area contributed by atoms with Crippen molar-refractivity contribution in [3.05, 3.63) is 51.8 Å². The molecule has 1 N–H and O–H groups in total. The Hall–Kier alpha value is -2.37. The zero-order valence-corrected chi connectivity index (χ0v) is 12.4. The van der Waals surface area contributed by atoms with Gasteiger partial charge in [-0.2, -0.15) is 5.10 Å². The maximum atomic E-state index is 11.1. The third-order valence-corrected chi connectivity index (χ3v) is 3.38. The lowest BCUT2D eigenvalue weighted by atomic mass is 10.1. The fourth-order valence-electron chi connectivity index (χ4n) is 2.26. The van der Waals surface area contributed by atoms with Crippen molar-refractivity contribution in [2.75, 3.05) is 5.32 Å². The number of nitro benzene ring substituents is 1. The van der Waals surface area contributed by atoms with Crippen molar-refractivity contribution in [3.8, 4) is 0 Å². The fraction of sp³-hybridized carbons (Fsp3) is 0.400. The van der Waals surface area contributed by atoms with Gasteiger partial charge >= 0.3 is 0 Å². The van der Waals surface area contributed by atoms with Crippen LogP contribution in [0.5, 0.6) is 0 Å². The first-order chi connectivity index (χ1) is 10.2. The molecule has 0 aliphatic heterocycles. The second kappa shape index (κ2) is 6.88. The van der Waals surface area contributed by atoms with E-state index < -0.39 is 0 Å². The Labute approximate surface area is 123 Å². The third kappa shape index (κ3) is 3.59. The maximum Gasteiger partial charge on any atom is 0.274 e. The van der Waals surface area contributed by atoms with E-state index in [1.54, 1.807) is 12.3 Å².